The van der Waals surface area contributed by atoms with Crippen LogP contribution in [-0.2, 0) is 12.7 Å². The number of carbonyl (C=O) groups is 1. The Morgan fingerprint density at radius 2 is 2.04 bits per heavy atom. The van der Waals surface area contributed by atoms with Crippen molar-refractivity contribution >= 4 is 17.5 Å². The van der Waals surface area contributed by atoms with Gasteiger partial charge in [0.2, 0.25) is 0 Å². The zero-order chi connectivity index (χ0) is 19.8. The lowest BCUT2D eigenvalue weighted by Crippen LogP contribution is -2.28. The molecule has 0 atom stereocenters. The molecule has 0 radical (unpaired) electrons. The van der Waals surface area contributed by atoms with Gasteiger partial charge in [-0.15, -0.1) is 0 Å². The first-order chi connectivity index (χ1) is 12.7. The minimum Gasteiger partial charge on any atom is -0.464 e. The van der Waals surface area contributed by atoms with Crippen molar-refractivity contribution < 1.29 is 22.4 Å². The second-order valence-corrected chi connectivity index (χ2v) is 6.41. The van der Waals surface area contributed by atoms with Crippen LogP contribution in [0.5, 0.6) is 0 Å². The topological polar surface area (TPSA) is 51.3 Å². The summed E-state index contributed by atoms with van der Waals surface area (Å²) in [6.07, 6.45) is -3.87. The van der Waals surface area contributed by atoms with Gasteiger partial charge in [0.25, 0.3) is 5.91 Å². The normalized spacial score (nSPS) is 11.6. The summed E-state index contributed by atoms with van der Waals surface area (Å²) in [7, 11) is 1.40. The van der Waals surface area contributed by atoms with Gasteiger partial charge < -0.3 is 9.32 Å². The summed E-state index contributed by atoms with van der Waals surface area (Å²) in [4.78, 5) is 13.8. The summed E-state index contributed by atoms with van der Waals surface area (Å²) in [5.74, 6) is 0.305. The highest BCUT2D eigenvalue weighted by Gasteiger charge is 2.41. The Bertz CT molecular complexity index is 978. The number of amides is 1. The second-order valence-electron chi connectivity index (χ2n) is 5.97. The first kappa shape index (κ1) is 19.0. The standard InChI is InChI=1S/C18H15ClF3N3O2/c1-11-6-7-14(27-11)10-24(2)17(26)15-9-23-25(16(15)18(20,21)22)13-5-3-4-12(19)8-13/h3-9H,10H2,1-2H3. The molecular formula is C18H15ClF3N3O2. The molecule has 0 bridgehead atoms. The lowest BCUT2D eigenvalue weighted by atomic mass is 10.2. The smallest absolute Gasteiger partial charge is 0.434 e. The maximum absolute atomic E-state index is 13.7. The van der Waals surface area contributed by atoms with Gasteiger partial charge in [-0.3, -0.25) is 4.79 Å². The predicted octanol–water partition coefficient (Wildman–Crippen LogP) is 4.72. The van der Waals surface area contributed by atoms with E-state index in [9.17, 15) is 18.0 Å². The molecule has 0 unspecified atom stereocenters. The molecule has 0 fully saturated rings. The largest absolute Gasteiger partial charge is 0.464 e. The lowest BCUT2D eigenvalue weighted by Gasteiger charge is -2.17. The molecular weight excluding hydrogens is 383 g/mol. The molecule has 5 nitrogen and oxygen atoms in total. The van der Waals surface area contributed by atoms with Crippen LogP contribution < -0.4 is 0 Å². The van der Waals surface area contributed by atoms with Crippen molar-refractivity contribution in [3.8, 4) is 5.69 Å². The highest BCUT2D eigenvalue weighted by Crippen LogP contribution is 2.34. The number of rotatable bonds is 4. The monoisotopic (exact) mass is 397 g/mol. The van der Waals surface area contributed by atoms with Crippen molar-refractivity contribution in [1.29, 1.82) is 0 Å². The third-order valence-electron chi connectivity index (χ3n) is 3.86. The SMILES string of the molecule is Cc1ccc(CN(C)C(=O)c2cnn(-c3cccc(Cl)c3)c2C(F)(F)F)o1. The van der Waals surface area contributed by atoms with E-state index in [1.807, 2.05) is 0 Å². The Morgan fingerprint density at radius 1 is 1.30 bits per heavy atom. The Balaban J connectivity index is 1.98. The number of benzene rings is 1. The molecule has 0 saturated carbocycles. The van der Waals surface area contributed by atoms with Crippen LogP contribution in [0.4, 0.5) is 13.2 Å². The van der Waals surface area contributed by atoms with Gasteiger partial charge >= 0.3 is 6.18 Å². The number of hydrogen-bond donors (Lipinski definition) is 0. The molecule has 0 spiro atoms. The van der Waals surface area contributed by atoms with Crippen molar-refractivity contribution in [2.24, 2.45) is 0 Å². The Labute approximate surface area is 157 Å². The number of hydrogen-bond acceptors (Lipinski definition) is 3. The summed E-state index contributed by atoms with van der Waals surface area (Å²) >= 11 is 5.87. The van der Waals surface area contributed by atoms with E-state index in [0.717, 1.165) is 11.1 Å². The second kappa shape index (κ2) is 7.11. The summed E-state index contributed by atoms with van der Waals surface area (Å²) in [6, 6.07) is 9.19. The lowest BCUT2D eigenvalue weighted by molar-refractivity contribution is -0.143. The molecule has 0 saturated heterocycles. The fraction of sp³-hybridized carbons (Fsp3) is 0.222. The zero-order valence-electron chi connectivity index (χ0n) is 14.4. The van der Waals surface area contributed by atoms with Gasteiger partial charge in [-0.05, 0) is 37.3 Å². The van der Waals surface area contributed by atoms with Crippen molar-refractivity contribution in [2.45, 2.75) is 19.6 Å². The molecule has 3 aromatic rings. The van der Waals surface area contributed by atoms with Crippen LogP contribution in [0.3, 0.4) is 0 Å². The maximum Gasteiger partial charge on any atom is 0.434 e. The van der Waals surface area contributed by atoms with Gasteiger partial charge in [-0.2, -0.15) is 18.3 Å². The molecule has 1 aromatic carbocycles. The van der Waals surface area contributed by atoms with Gasteiger partial charge in [0.15, 0.2) is 5.69 Å². The average molecular weight is 398 g/mol. The number of nitrogens with zero attached hydrogens (tertiary/aromatic N) is 3. The molecule has 27 heavy (non-hydrogen) atoms. The van der Waals surface area contributed by atoms with Gasteiger partial charge in [0.1, 0.15) is 11.5 Å². The molecule has 3 rings (SSSR count). The van der Waals surface area contributed by atoms with Crippen LogP contribution in [-0.4, -0.2) is 27.6 Å². The average Bonchev–Trinajstić information content (AvgIpc) is 3.20. The Kier molecular flexibility index (Phi) is 5.01. The van der Waals surface area contributed by atoms with Crippen LogP contribution in [0, 0.1) is 6.92 Å². The molecule has 1 amide bonds. The minimum atomic E-state index is -4.79. The molecule has 2 aromatic heterocycles. The summed E-state index contributed by atoms with van der Waals surface area (Å²) in [5.41, 5.74) is -1.59. The molecule has 9 heteroatoms. The first-order valence-electron chi connectivity index (χ1n) is 7.89. The fourth-order valence-corrected chi connectivity index (χ4v) is 2.85. The number of aryl methyl sites for hydroxylation is 1. The van der Waals surface area contributed by atoms with Gasteiger partial charge in [0, 0.05) is 12.1 Å². The molecule has 2 heterocycles. The van der Waals surface area contributed by atoms with Crippen molar-refractivity contribution in [3.05, 3.63) is 70.4 Å². The number of furan rings is 1. The van der Waals surface area contributed by atoms with E-state index < -0.39 is 23.3 Å². The maximum atomic E-state index is 13.7. The first-order valence-corrected chi connectivity index (χ1v) is 8.26. The van der Waals surface area contributed by atoms with Crippen LogP contribution >= 0.6 is 11.6 Å². The highest BCUT2D eigenvalue weighted by atomic mass is 35.5. The summed E-state index contributed by atoms with van der Waals surface area (Å²) in [6.45, 7) is 1.77. The van der Waals surface area contributed by atoms with Crippen molar-refractivity contribution in [2.75, 3.05) is 7.05 Å². The van der Waals surface area contributed by atoms with Crippen LogP contribution in [0.1, 0.15) is 27.6 Å². The van der Waals surface area contributed by atoms with E-state index in [4.69, 9.17) is 16.0 Å². The summed E-state index contributed by atoms with van der Waals surface area (Å²) < 4.78 is 47.1. The van der Waals surface area contributed by atoms with Gasteiger partial charge in [-0.1, -0.05) is 17.7 Å². The summed E-state index contributed by atoms with van der Waals surface area (Å²) in [5, 5.41) is 4.03. The van der Waals surface area contributed by atoms with Crippen LogP contribution in [0.2, 0.25) is 5.02 Å². The molecule has 0 aliphatic rings. The Morgan fingerprint density at radius 3 is 2.63 bits per heavy atom. The van der Waals surface area contributed by atoms with E-state index in [1.165, 1.54) is 31.3 Å². The van der Waals surface area contributed by atoms with Crippen LogP contribution in [0.25, 0.3) is 5.69 Å². The van der Waals surface area contributed by atoms with E-state index in [1.54, 1.807) is 19.1 Å². The fourth-order valence-electron chi connectivity index (χ4n) is 2.66. The number of alkyl halides is 3. The zero-order valence-corrected chi connectivity index (χ0v) is 15.2. The molecule has 142 valence electrons. The third kappa shape index (κ3) is 4.00. The number of carbonyl (C=O) groups excluding carboxylic acids is 1. The van der Waals surface area contributed by atoms with E-state index >= 15 is 0 Å². The molecule has 0 aliphatic heterocycles. The highest BCUT2D eigenvalue weighted by molar-refractivity contribution is 6.30. The van der Waals surface area contributed by atoms with Crippen molar-refractivity contribution in [3.63, 3.8) is 0 Å². The molecule has 0 aliphatic carbocycles. The minimum absolute atomic E-state index is 0.0340. The Hall–Kier alpha value is -2.74. The number of halogens is 4. The number of aromatic nitrogens is 2. The van der Waals surface area contributed by atoms with Crippen LogP contribution in [0.15, 0.2) is 47.0 Å². The van der Waals surface area contributed by atoms with Gasteiger partial charge in [0.05, 0.1) is 24.0 Å². The van der Waals surface area contributed by atoms with Crippen molar-refractivity contribution in [1.82, 2.24) is 14.7 Å². The third-order valence-corrected chi connectivity index (χ3v) is 4.09. The quantitative estimate of drug-likeness (QED) is 0.640. The van der Waals surface area contributed by atoms with E-state index in [-0.39, 0.29) is 17.3 Å². The van der Waals surface area contributed by atoms with Gasteiger partial charge in [-0.25, -0.2) is 4.68 Å². The van der Waals surface area contributed by atoms with E-state index in [2.05, 4.69) is 5.10 Å². The van der Waals surface area contributed by atoms with E-state index in [0.29, 0.717) is 16.2 Å². The predicted molar refractivity (Wildman–Crippen MR) is 92.8 cm³/mol. The molecule has 0 N–H and O–H groups in total.